The SMILES string of the molecule is C[C@@]1(O)[C@H](O)[C@@H](CO)O[C@H]1c1coc2c(=O)[nH]cnc12. The van der Waals surface area contributed by atoms with Gasteiger partial charge in [0.2, 0.25) is 5.58 Å². The van der Waals surface area contributed by atoms with Crippen molar-refractivity contribution in [3.05, 3.63) is 28.5 Å². The summed E-state index contributed by atoms with van der Waals surface area (Å²) in [6, 6.07) is 0. The lowest BCUT2D eigenvalue weighted by atomic mass is 9.89. The first kappa shape index (κ1) is 13.3. The molecule has 1 fully saturated rings. The van der Waals surface area contributed by atoms with Crippen LogP contribution >= 0.6 is 0 Å². The minimum atomic E-state index is -1.63. The van der Waals surface area contributed by atoms with Crippen molar-refractivity contribution in [1.82, 2.24) is 9.97 Å². The van der Waals surface area contributed by atoms with Crippen LogP contribution in [0.2, 0.25) is 0 Å². The molecule has 20 heavy (non-hydrogen) atoms. The number of fused-ring (bicyclic) bond motifs is 1. The van der Waals surface area contributed by atoms with E-state index in [4.69, 9.17) is 14.3 Å². The molecule has 8 nitrogen and oxygen atoms in total. The number of aromatic amines is 1. The maximum atomic E-state index is 11.6. The Balaban J connectivity index is 2.12. The molecule has 4 N–H and O–H groups in total. The first-order valence-electron chi connectivity index (χ1n) is 6.08. The molecule has 0 spiro atoms. The number of rotatable bonds is 2. The first-order valence-corrected chi connectivity index (χ1v) is 6.08. The Bertz CT molecular complexity index is 691. The quantitative estimate of drug-likeness (QED) is 0.559. The number of aliphatic hydroxyl groups excluding tert-OH is 2. The van der Waals surface area contributed by atoms with E-state index >= 15 is 0 Å². The summed E-state index contributed by atoms with van der Waals surface area (Å²) in [5, 5.41) is 29.5. The summed E-state index contributed by atoms with van der Waals surface area (Å²) < 4.78 is 10.6. The molecule has 1 saturated heterocycles. The Labute approximate surface area is 112 Å². The lowest BCUT2D eigenvalue weighted by Crippen LogP contribution is -2.42. The molecule has 108 valence electrons. The van der Waals surface area contributed by atoms with Gasteiger partial charge in [-0.3, -0.25) is 4.79 Å². The van der Waals surface area contributed by atoms with Crippen molar-refractivity contribution in [3.63, 3.8) is 0 Å². The number of aliphatic hydroxyl groups is 3. The van der Waals surface area contributed by atoms with Gasteiger partial charge in [0, 0.05) is 5.56 Å². The lowest BCUT2D eigenvalue weighted by Gasteiger charge is -2.25. The van der Waals surface area contributed by atoms with Crippen molar-refractivity contribution >= 4 is 11.1 Å². The van der Waals surface area contributed by atoms with Crippen LogP contribution in [-0.4, -0.2) is 49.7 Å². The Kier molecular flexibility index (Phi) is 2.91. The van der Waals surface area contributed by atoms with Gasteiger partial charge in [-0.1, -0.05) is 0 Å². The number of furan rings is 1. The first-order chi connectivity index (χ1) is 9.46. The molecule has 2 aromatic heterocycles. The van der Waals surface area contributed by atoms with Crippen molar-refractivity contribution in [2.24, 2.45) is 0 Å². The summed E-state index contributed by atoms with van der Waals surface area (Å²) in [6.45, 7) is 0.960. The fourth-order valence-electron chi connectivity index (χ4n) is 2.52. The van der Waals surface area contributed by atoms with Gasteiger partial charge < -0.3 is 29.5 Å². The van der Waals surface area contributed by atoms with Crippen LogP contribution in [0.3, 0.4) is 0 Å². The van der Waals surface area contributed by atoms with Crippen LogP contribution in [0.5, 0.6) is 0 Å². The lowest BCUT2D eigenvalue weighted by molar-refractivity contribution is -0.0643. The molecule has 0 aliphatic carbocycles. The summed E-state index contributed by atoms with van der Waals surface area (Å²) in [5.74, 6) is 0. The van der Waals surface area contributed by atoms with E-state index in [0.29, 0.717) is 5.56 Å². The number of hydrogen-bond donors (Lipinski definition) is 4. The maximum Gasteiger partial charge on any atom is 0.294 e. The molecule has 4 atom stereocenters. The molecule has 1 aliphatic heterocycles. The largest absolute Gasteiger partial charge is 0.456 e. The minimum Gasteiger partial charge on any atom is -0.456 e. The molecule has 0 unspecified atom stereocenters. The fraction of sp³-hybridized carbons (Fsp3) is 0.500. The van der Waals surface area contributed by atoms with Crippen LogP contribution in [0, 0.1) is 0 Å². The molecule has 0 amide bonds. The zero-order chi connectivity index (χ0) is 14.5. The summed E-state index contributed by atoms with van der Waals surface area (Å²) in [5.41, 5.74) is -1.45. The maximum absolute atomic E-state index is 11.6. The van der Waals surface area contributed by atoms with Crippen LogP contribution in [0.15, 0.2) is 21.8 Å². The Morgan fingerprint density at radius 3 is 2.95 bits per heavy atom. The molecular weight excluding hydrogens is 268 g/mol. The number of nitrogens with one attached hydrogen (secondary N) is 1. The molecule has 1 aliphatic rings. The Morgan fingerprint density at radius 2 is 2.30 bits per heavy atom. The van der Waals surface area contributed by atoms with E-state index in [2.05, 4.69) is 9.97 Å². The van der Waals surface area contributed by atoms with Crippen molar-refractivity contribution in [2.45, 2.75) is 30.8 Å². The zero-order valence-corrected chi connectivity index (χ0v) is 10.6. The van der Waals surface area contributed by atoms with Gasteiger partial charge in [-0.25, -0.2) is 4.98 Å². The summed E-state index contributed by atoms with van der Waals surface area (Å²) in [4.78, 5) is 17.9. The number of ether oxygens (including phenoxy) is 1. The predicted molar refractivity (Wildman–Crippen MR) is 66.0 cm³/mol. The van der Waals surface area contributed by atoms with E-state index in [1.54, 1.807) is 0 Å². The van der Waals surface area contributed by atoms with Gasteiger partial charge >= 0.3 is 0 Å². The van der Waals surface area contributed by atoms with Gasteiger partial charge in [0.05, 0.1) is 19.2 Å². The van der Waals surface area contributed by atoms with E-state index in [9.17, 15) is 15.0 Å². The van der Waals surface area contributed by atoms with E-state index < -0.39 is 36.1 Å². The second kappa shape index (κ2) is 4.38. The standard InChI is InChI=1S/C12H14N2O6/c1-12(18)9(16)6(2-15)20-10(12)5-3-19-8-7(5)13-4-14-11(8)17/h3-4,6,9-10,15-16,18H,2H2,1H3,(H,13,14,17)/t6-,9-,10+,12-/m1/s1. The topological polar surface area (TPSA) is 129 Å². The molecular formula is C12H14N2O6. The number of H-pyrrole nitrogens is 1. The van der Waals surface area contributed by atoms with Crippen molar-refractivity contribution < 1.29 is 24.5 Å². The highest BCUT2D eigenvalue weighted by molar-refractivity contribution is 5.75. The third kappa shape index (κ3) is 1.70. The second-order valence-corrected chi connectivity index (χ2v) is 5.01. The summed E-state index contributed by atoms with van der Waals surface area (Å²) in [7, 11) is 0. The molecule has 3 rings (SSSR count). The minimum absolute atomic E-state index is 0.0174. The van der Waals surface area contributed by atoms with Gasteiger partial charge in [0.15, 0.2) is 0 Å². The average Bonchev–Trinajstić information content (AvgIpc) is 2.92. The van der Waals surface area contributed by atoms with Crippen LogP contribution in [0.1, 0.15) is 18.6 Å². The molecule has 2 aromatic rings. The highest BCUT2D eigenvalue weighted by Crippen LogP contribution is 2.43. The van der Waals surface area contributed by atoms with Crippen molar-refractivity contribution in [2.75, 3.05) is 6.61 Å². The normalized spacial score (nSPS) is 33.9. The van der Waals surface area contributed by atoms with Crippen LogP contribution in [-0.2, 0) is 4.74 Å². The Hall–Kier alpha value is -1.74. The van der Waals surface area contributed by atoms with Crippen molar-refractivity contribution in [1.29, 1.82) is 0 Å². The fourth-order valence-corrected chi connectivity index (χ4v) is 2.52. The van der Waals surface area contributed by atoms with E-state index in [0.717, 1.165) is 0 Å². The zero-order valence-electron chi connectivity index (χ0n) is 10.6. The van der Waals surface area contributed by atoms with E-state index in [-0.39, 0.29) is 11.1 Å². The van der Waals surface area contributed by atoms with Gasteiger partial charge in [-0.05, 0) is 6.92 Å². The van der Waals surface area contributed by atoms with Gasteiger partial charge in [0.25, 0.3) is 5.56 Å². The molecule has 8 heteroatoms. The number of aromatic nitrogens is 2. The van der Waals surface area contributed by atoms with E-state index in [1.165, 1.54) is 19.5 Å². The third-order valence-electron chi connectivity index (χ3n) is 3.64. The third-order valence-corrected chi connectivity index (χ3v) is 3.64. The Morgan fingerprint density at radius 1 is 1.55 bits per heavy atom. The van der Waals surface area contributed by atoms with Crippen LogP contribution in [0.4, 0.5) is 0 Å². The molecule has 3 heterocycles. The van der Waals surface area contributed by atoms with Gasteiger partial charge in [-0.2, -0.15) is 0 Å². The molecule has 0 aromatic carbocycles. The highest BCUT2D eigenvalue weighted by atomic mass is 16.6. The van der Waals surface area contributed by atoms with Crippen LogP contribution in [0.25, 0.3) is 11.1 Å². The number of hydrogen-bond acceptors (Lipinski definition) is 7. The molecule has 0 bridgehead atoms. The smallest absolute Gasteiger partial charge is 0.294 e. The average molecular weight is 282 g/mol. The second-order valence-electron chi connectivity index (χ2n) is 5.01. The van der Waals surface area contributed by atoms with E-state index in [1.807, 2.05) is 0 Å². The van der Waals surface area contributed by atoms with Crippen molar-refractivity contribution in [3.8, 4) is 0 Å². The monoisotopic (exact) mass is 282 g/mol. The highest BCUT2D eigenvalue weighted by Gasteiger charge is 2.53. The number of nitrogens with zero attached hydrogens (tertiary/aromatic N) is 1. The van der Waals surface area contributed by atoms with Crippen LogP contribution < -0.4 is 5.56 Å². The summed E-state index contributed by atoms with van der Waals surface area (Å²) in [6.07, 6.45) is -0.650. The van der Waals surface area contributed by atoms with Gasteiger partial charge in [0.1, 0.15) is 29.4 Å². The molecule has 0 radical (unpaired) electrons. The molecule has 0 saturated carbocycles. The predicted octanol–water partition coefficient (Wildman–Crippen LogP) is -0.940. The summed E-state index contributed by atoms with van der Waals surface area (Å²) >= 11 is 0. The van der Waals surface area contributed by atoms with Gasteiger partial charge in [-0.15, -0.1) is 0 Å².